The van der Waals surface area contributed by atoms with E-state index in [1.807, 2.05) is 0 Å². The Kier molecular flexibility index (Phi) is 5.38. The Morgan fingerprint density at radius 3 is 2.57 bits per heavy atom. The molecule has 0 bridgehead atoms. The number of halogens is 3. The average molecular weight is 344 g/mol. The predicted molar refractivity (Wildman–Crippen MR) is 80.9 cm³/mol. The molecular weight excluding hydrogens is 329 g/mol. The molecule has 2 rings (SSSR count). The van der Waals surface area contributed by atoms with Gasteiger partial charge in [-0.15, -0.1) is 11.3 Å². The molecule has 0 aliphatic carbocycles. The highest BCUT2D eigenvalue weighted by molar-refractivity contribution is 7.13. The molecule has 23 heavy (non-hydrogen) atoms. The first-order valence-electron chi connectivity index (χ1n) is 6.82. The van der Waals surface area contributed by atoms with Gasteiger partial charge in [-0.25, -0.2) is 4.98 Å². The number of benzene rings is 1. The van der Waals surface area contributed by atoms with Crippen molar-refractivity contribution in [2.24, 2.45) is 0 Å². The van der Waals surface area contributed by atoms with Gasteiger partial charge in [-0.3, -0.25) is 4.79 Å². The fourth-order valence-electron chi connectivity index (χ4n) is 1.86. The summed E-state index contributed by atoms with van der Waals surface area (Å²) in [6, 6.07) is 4.40. The molecule has 0 aliphatic rings. The van der Waals surface area contributed by atoms with Gasteiger partial charge >= 0.3 is 6.18 Å². The highest BCUT2D eigenvalue weighted by atomic mass is 32.1. The number of aromatic nitrogens is 1. The second-order valence-corrected chi connectivity index (χ2v) is 5.91. The normalized spacial score (nSPS) is 12.9. The monoisotopic (exact) mass is 344 g/mol. The second kappa shape index (κ2) is 7.10. The van der Waals surface area contributed by atoms with Crippen LogP contribution in [0.1, 0.15) is 18.2 Å². The number of rotatable bonds is 5. The Bertz CT molecular complexity index is 668. The van der Waals surface area contributed by atoms with E-state index in [1.165, 1.54) is 23.5 Å². The summed E-state index contributed by atoms with van der Waals surface area (Å²) in [6.45, 7) is 1.52. The van der Waals surface area contributed by atoms with Crippen molar-refractivity contribution >= 4 is 17.2 Å². The van der Waals surface area contributed by atoms with Gasteiger partial charge in [-0.05, 0) is 19.1 Å². The molecule has 1 aromatic heterocycles. The summed E-state index contributed by atoms with van der Waals surface area (Å²) in [5.41, 5.74) is 0.390. The molecule has 0 saturated heterocycles. The number of carbonyl (C=O) groups is 1. The molecule has 1 amide bonds. The maximum atomic E-state index is 12.5. The molecule has 0 unspecified atom stereocenters. The van der Waals surface area contributed by atoms with E-state index in [9.17, 15) is 18.0 Å². The summed E-state index contributed by atoms with van der Waals surface area (Å²) >= 11 is 1.26. The first-order chi connectivity index (χ1) is 10.8. The number of amides is 1. The number of carbonyl (C=O) groups excluding carboxylic acids is 1. The van der Waals surface area contributed by atoms with Gasteiger partial charge in [0.1, 0.15) is 5.01 Å². The number of nitrogens with one attached hydrogen (secondary N) is 1. The van der Waals surface area contributed by atoms with Crippen LogP contribution < -0.4 is 5.32 Å². The molecule has 124 valence electrons. The lowest BCUT2D eigenvalue weighted by atomic mass is 10.1. The van der Waals surface area contributed by atoms with E-state index in [0.29, 0.717) is 16.3 Å². The molecule has 8 heteroatoms. The SMILES string of the molecule is C[C@H](CO)NC(=O)Cc1csc(-c2ccc(C(F)(F)F)cc2)n1. The smallest absolute Gasteiger partial charge is 0.394 e. The predicted octanol–water partition coefficient (Wildman–Crippen LogP) is 2.87. The minimum atomic E-state index is -4.37. The standard InChI is InChI=1S/C15H15F3N2O2S/c1-9(7-21)19-13(22)6-12-8-23-14(20-12)10-2-4-11(5-3-10)15(16,17)18/h2-5,8-9,21H,6-7H2,1H3,(H,19,22)/t9-/m1/s1. The lowest BCUT2D eigenvalue weighted by molar-refractivity contribution is -0.137. The number of aliphatic hydroxyl groups is 1. The van der Waals surface area contributed by atoms with Crippen LogP contribution in [-0.4, -0.2) is 28.6 Å². The van der Waals surface area contributed by atoms with E-state index in [1.54, 1.807) is 12.3 Å². The van der Waals surface area contributed by atoms with Crippen LogP contribution in [0.2, 0.25) is 0 Å². The first-order valence-corrected chi connectivity index (χ1v) is 7.70. The van der Waals surface area contributed by atoms with Crippen LogP contribution in [0.25, 0.3) is 10.6 Å². The van der Waals surface area contributed by atoms with Crippen molar-refractivity contribution in [2.45, 2.75) is 25.6 Å². The van der Waals surface area contributed by atoms with Crippen molar-refractivity contribution in [1.82, 2.24) is 10.3 Å². The van der Waals surface area contributed by atoms with Crippen LogP contribution in [0.5, 0.6) is 0 Å². The average Bonchev–Trinajstić information content (AvgIpc) is 2.94. The van der Waals surface area contributed by atoms with E-state index < -0.39 is 11.7 Å². The van der Waals surface area contributed by atoms with Crippen LogP contribution in [0.4, 0.5) is 13.2 Å². The van der Waals surface area contributed by atoms with Crippen LogP contribution in [-0.2, 0) is 17.4 Å². The van der Waals surface area contributed by atoms with Crippen LogP contribution >= 0.6 is 11.3 Å². The maximum absolute atomic E-state index is 12.5. The van der Waals surface area contributed by atoms with Gasteiger partial charge in [-0.1, -0.05) is 12.1 Å². The van der Waals surface area contributed by atoms with Gasteiger partial charge in [-0.2, -0.15) is 13.2 Å². The van der Waals surface area contributed by atoms with Crippen molar-refractivity contribution in [3.05, 3.63) is 40.9 Å². The fraction of sp³-hybridized carbons (Fsp3) is 0.333. The lowest BCUT2D eigenvalue weighted by Gasteiger charge is -2.09. The second-order valence-electron chi connectivity index (χ2n) is 5.05. The van der Waals surface area contributed by atoms with Crippen molar-refractivity contribution < 1.29 is 23.1 Å². The summed E-state index contributed by atoms with van der Waals surface area (Å²) in [5, 5.41) is 13.7. The zero-order valence-corrected chi connectivity index (χ0v) is 13.0. The number of alkyl halides is 3. The van der Waals surface area contributed by atoms with Crippen molar-refractivity contribution in [1.29, 1.82) is 0 Å². The molecule has 1 atom stereocenters. The van der Waals surface area contributed by atoms with Crippen LogP contribution in [0, 0.1) is 0 Å². The number of hydrogen-bond donors (Lipinski definition) is 2. The fourth-order valence-corrected chi connectivity index (χ4v) is 2.68. The Balaban J connectivity index is 2.06. The minimum Gasteiger partial charge on any atom is -0.394 e. The van der Waals surface area contributed by atoms with Crippen LogP contribution in [0.3, 0.4) is 0 Å². The molecule has 0 aliphatic heterocycles. The third kappa shape index (κ3) is 4.77. The highest BCUT2D eigenvalue weighted by Gasteiger charge is 2.30. The number of thiazole rings is 1. The molecule has 2 aromatic rings. The maximum Gasteiger partial charge on any atom is 0.416 e. The van der Waals surface area contributed by atoms with Gasteiger partial charge in [0.05, 0.1) is 24.3 Å². The third-order valence-electron chi connectivity index (χ3n) is 3.03. The van der Waals surface area contributed by atoms with Gasteiger partial charge in [0.2, 0.25) is 5.91 Å². The molecule has 1 aromatic carbocycles. The number of aliphatic hydroxyl groups excluding tert-OH is 1. The molecule has 2 N–H and O–H groups in total. The largest absolute Gasteiger partial charge is 0.416 e. The van der Waals surface area contributed by atoms with Gasteiger partial charge in [0.25, 0.3) is 0 Å². The summed E-state index contributed by atoms with van der Waals surface area (Å²) in [5.74, 6) is -0.268. The number of hydrogen-bond acceptors (Lipinski definition) is 4. The summed E-state index contributed by atoms with van der Waals surface area (Å²) in [6.07, 6.45) is -4.31. The Labute approximate surface area is 135 Å². The van der Waals surface area contributed by atoms with Gasteiger partial charge in [0.15, 0.2) is 0 Å². The Morgan fingerprint density at radius 2 is 2.00 bits per heavy atom. The quantitative estimate of drug-likeness (QED) is 0.877. The van der Waals surface area contributed by atoms with Crippen LogP contribution in [0.15, 0.2) is 29.6 Å². The zero-order chi connectivity index (χ0) is 17.0. The summed E-state index contributed by atoms with van der Waals surface area (Å²) in [4.78, 5) is 16.0. The van der Waals surface area contributed by atoms with Crippen molar-refractivity contribution in [3.8, 4) is 10.6 Å². The third-order valence-corrected chi connectivity index (χ3v) is 3.97. The molecule has 1 heterocycles. The van der Waals surface area contributed by atoms with E-state index in [-0.39, 0.29) is 25.0 Å². The van der Waals surface area contributed by atoms with E-state index in [0.717, 1.165) is 12.1 Å². The molecule has 0 saturated carbocycles. The van der Waals surface area contributed by atoms with E-state index in [4.69, 9.17) is 5.11 Å². The molecule has 0 spiro atoms. The molecule has 4 nitrogen and oxygen atoms in total. The Morgan fingerprint density at radius 1 is 1.35 bits per heavy atom. The van der Waals surface area contributed by atoms with E-state index >= 15 is 0 Å². The number of nitrogens with zero attached hydrogens (tertiary/aromatic N) is 1. The van der Waals surface area contributed by atoms with Crippen molar-refractivity contribution in [2.75, 3.05) is 6.61 Å². The summed E-state index contributed by atoms with van der Waals surface area (Å²) in [7, 11) is 0. The lowest BCUT2D eigenvalue weighted by Crippen LogP contribution is -2.36. The zero-order valence-electron chi connectivity index (χ0n) is 12.2. The molecule has 0 fully saturated rings. The van der Waals surface area contributed by atoms with Crippen molar-refractivity contribution in [3.63, 3.8) is 0 Å². The molecule has 0 radical (unpaired) electrons. The minimum absolute atomic E-state index is 0.0570. The first kappa shape index (κ1) is 17.4. The summed E-state index contributed by atoms with van der Waals surface area (Å²) < 4.78 is 37.6. The Hall–Kier alpha value is -1.93. The van der Waals surface area contributed by atoms with Gasteiger partial charge in [0, 0.05) is 17.0 Å². The molecular formula is C15H15F3N2O2S. The van der Waals surface area contributed by atoms with E-state index in [2.05, 4.69) is 10.3 Å². The topological polar surface area (TPSA) is 62.2 Å². The van der Waals surface area contributed by atoms with Gasteiger partial charge < -0.3 is 10.4 Å². The highest BCUT2D eigenvalue weighted by Crippen LogP contribution is 2.31.